The van der Waals surface area contributed by atoms with E-state index >= 15 is 0 Å². The van der Waals surface area contributed by atoms with Gasteiger partial charge in [0.1, 0.15) is 0 Å². The van der Waals surface area contributed by atoms with Crippen molar-refractivity contribution in [2.24, 2.45) is 0 Å². The number of nitrogens with zero attached hydrogens (tertiary/aromatic N) is 1. The highest BCUT2D eigenvalue weighted by Gasteiger charge is 2.05. The molecule has 0 aliphatic rings. The molecule has 4 aromatic rings. The summed E-state index contributed by atoms with van der Waals surface area (Å²) in [6, 6.07) is 25.8. The molecule has 0 aliphatic heterocycles. The predicted octanol–water partition coefficient (Wildman–Crippen LogP) is 6.67. The predicted molar refractivity (Wildman–Crippen MR) is 134 cm³/mol. The van der Waals surface area contributed by atoms with E-state index in [0.717, 1.165) is 39.0 Å². The van der Waals surface area contributed by atoms with Crippen LogP contribution in [0.1, 0.15) is 22.4 Å². The van der Waals surface area contributed by atoms with Crippen molar-refractivity contribution in [3.63, 3.8) is 0 Å². The number of carbonyl (C=O) groups excluding carboxylic acids is 1. The molecule has 0 aliphatic carbocycles. The van der Waals surface area contributed by atoms with Gasteiger partial charge in [-0.05, 0) is 53.1 Å². The molecular formula is C26H21ClN2OS. The first-order valence-corrected chi connectivity index (χ1v) is 10.8. The third kappa shape index (κ3) is 5.75. The first-order valence-electron chi connectivity index (χ1n) is 9.94. The summed E-state index contributed by atoms with van der Waals surface area (Å²) in [6.45, 7) is 0.636. The monoisotopic (exact) mass is 444 g/mol. The van der Waals surface area contributed by atoms with Crippen molar-refractivity contribution in [2.45, 2.75) is 13.0 Å². The Morgan fingerprint density at radius 1 is 0.935 bits per heavy atom. The molecule has 0 atom stereocenters. The van der Waals surface area contributed by atoms with Crippen LogP contribution in [0.5, 0.6) is 0 Å². The minimum atomic E-state index is -0.135. The van der Waals surface area contributed by atoms with Gasteiger partial charge in [0.2, 0.25) is 0 Å². The summed E-state index contributed by atoms with van der Waals surface area (Å²) in [5.41, 5.74) is 5.91. The van der Waals surface area contributed by atoms with Crippen LogP contribution in [0, 0.1) is 0 Å². The van der Waals surface area contributed by atoms with Gasteiger partial charge >= 0.3 is 0 Å². The van der Waals surface area contributed by atoms with Gasteiger partial charge in [-0.2, -0.15) is 0 Å². The molecule has 31 heavy (non-hydrogen) atoms. The van der Waals surface area contributed by atoms with Gasteiger partial charge in [-0.25, -0.2) is 4.98 Å². The average molecular weight is 445 g/mol. The number of hydrogen-bond donors (Lipinski definition) is 2. The molecule has 3 aromatic carbocycles. The first kappa shape index (κ1) is 21.2. The van der Waals surface area contributed by atoms with Crippen molar-refractivity contribution in [2.75, 3.05) is 5.32 Å². The lowest BCUT2D eigenvalue weighted by Gasteiger charge is -2.11. The van der Waals surface area contributed by atoms with Gasteiger partial charge in [-0.1, -0.05) is 66.2 Å². The SMILES string of the molecule is O=C(S)Cc1ccccc1CNc1cccc(/C=C/c2ccc3ccc(Cl)cc3n2)c1. The molecule has 0 amide bonds. The van der Waals surface area contributed by atoms with Crippen LogP contribution in [-0.2, 0) is 17.8 Å². The van der Waals surface area contributed by atoms with E-state index in [2.05, 4.69) is 29.0 Å². The fourth-order valence-corrected chi connectivity index (χ4v) is 3.73. The van der Waals surface area contributed by atoms with Crippen LogP contribution >= 0.6 is 24.2 Å². The highest BCUT2D eigenvalue weighted by Crippen LogP contribution is 2.20. The quantitative estimate of drug-likeness (QED) is 0.313. The Kier molecular flexibility index (Phi) is 6.70. The Hall–Kier alpha value is -3.08. The van der Waals surface area contributed by atoms with Crippen LogP contribution in [0.2, 0.25) is 5.02 Å². The normalized spacial score (nSPS) is 11.2. The Bertz CT molecular complexity index is 1270. The third-order valence-corrected chi connectivity index (χ3v) is 5.35. The summed E-state index contributed by atoms with van der Waals surface area (Å²) in [4.78, 5) is 16.0. The van der Waals surface area contributed by atoms with Crippen molar-refractivity contribution in [1.29, 1.82) is 0 Å². The highest BCUT2D eigenvalue weighted by atomic mass is 35.5. The van der Waals surface area contributed by atoms with E-state index in [-0.39, 0.29) is 5.12 Å². The van der Waals surface area contributed by atoms with Gasteiger partial charge in [0.05, 0.1) is 11.2 Å². The number of fused-ring (bicyclic) bond motifs is 1. The van der Waals surface area contributed by atoms with Gasteiger partial charge in [0.15, 0.2) is 5.12 Å². The van der Waals surface area contributed by atoms with Crippen LogP contribution in [0.15, 0.2) is 78.9 Å². The van der Waals surface area contributed by atoms with E-state index in [1.165, 1.54) is 0 Å². The fourth-order valence-electron chi connectivity index (χ4n) is 3.40. The molecule has 1 aromatic heterocycles. The molecular weight excluding hydrogens is 424 g/mol. The molecule has 4 rings (SSSR count). The number of benzene rings is 3. The second-order valence-electron chi connectivity index (χ2n) is 7.22. The van der Waals surface area contributed by atoms with Crippen LogP contribution in [-0.4, -0.2) is 10.1 Å². The topological polar surface area (TPSA) is 42.0 Å². The molecule has 0 bridgehead atoms. The van der Waals surface area contributed by atoms with Crippen molar-refractivity contribution in [3.05, 3.63) is 106 Å². The molecule has 154 valence electrons. The Morgan fingerprint density at radius 2 is 1.74 bits per heavy atom. The van der Waals surface area contributed by atoms with Gasteiger partial charge in [-0.15, -0.1) is 12.6 Å². The molecule has 0 fully saturated rings. The number of pyridine rings is 1. The zero-order valence-electron chi connectivity index (χ0n) is 16.8. The number of nitrogens with one attached hydrogen (secondary N) is 1. The zero-order valence-corrected chi connectivity index (χ0v) is 18.4. The van der Waals surface area contributed by atoms with Gasteiger partial charge in [-0.3, -0.25) is 4.79 Å². The summed E-state index contributed by atoms with van der Waals surface area (Å²) in [5, 5.41) is 5.05. The molecule has 5 heteroatoms. The fraction of sp³-hybridized carbons (Fsp3) is 0.0769. The average Bonchev–Trinajstić information content (AvgIpc) is 2.77. The van der Waals surface area contributed by atoms with Crippen molar-refractivity contribution < 1.29 is 4.79 Å². The maximum atomic E-state index is 11.4. The Labute approximate surface area is 192 Å². The molecule has 0 saturated carbocycles. The van der Waals surface area contributed by atoms with Gasteiger partial charge < -0.3 is 5.32 Å². The number of hydrogen-bond acceptors (Lipinski definition) is 3. The molecule has 1 heterocycles. The molecule has 0 spiro atoms. The van der Waals surface area contributed by atoms with Crippen LogP contribution in [0.4, 0.5) is 5.69 Å². The van der Waals surface area contributed by atoms with Crippen molar-refractivity contribution in [1.82, 2.24) is 4.98 Å². The maximum Gasteiger partial charge on any atom is 0.190 e. The lowest BCUT2D eigenvalue weighted by atomic mass is 10.0. The van der Waals surface area contributed by atoms with Crippen molar-refractivity contribution >= 4 is 58.1 Å². The second kappa shape index (κ2) is 9.82. The van der Waals surface area contributed by atoms with Crippen LogP contribution in [0.25, 0.3) is 23.1 Å². The summed E-state index contributed by atoms with van der Waals surface area (Å²) in [6.07, 6.45) is 4.36. The number of halogens is 1. The smallest absolute Gasteiger partial charge is 0.190 e. The highest BCUT2D eigenvalue weighted by molar-refractivity contribution is 7.96. The van der Waals surface area contributed by atoms with E-state index in [9.17, 15) is 4.79 Å². The largest absolute Gasteiger partial charge is 0.381 e. The summed E-state index contributed by atoms with van der Waals surface area (Å²) in [5.74, 6) is 0. The molecule has 0 unspecified atom stereocenters. The maximum absolute atomic E-state index is 11.4. The van der Waals surface area contributed by atoms with Crippen molar-refractivity contribution in [3.8, 4) is 0 Å². The number of anilines is 1. The zero-order chi connectivity index (χ0) is 21.6. The minimum absolute atomic E-state index is 0.135. The second-order valence-corrected chi connectivity index (χ2v) is 8.16. The third-order valence-electron chi connectivity index (χ3n) is 4.95. The minimum Gasteiger partial charge on any atom is -0.381 e. The Balaban J connectivity index is 1.47. The van der Waals surface area contributed by atoms with E-state index < -0.39 is 0 Å². The summed E-state index contributed by atoms with van der Waals surface area (Å²) < 4.78 is 0. The van der Waals surface area contributed by atoms with E-state index in [1.807, 2.05) is 84.9 Å². The lowest BCUT2D eigenvalue weighted by molar-refractivity contribution is -0.110. The molecule has 3 nitrogen and oxygen atoms in total. The van der Waals surface area contributed by atoms with Gasteiger partial charge in [0.25, 0.3) is 0 Å². The van der Waals surface area contributed by atoms with Crippen LogP contribution in [0.3, 0.4) is 0 Å². The van der Waals surface area contributed by atoms with Gasteiger partial charge in [0, 0.05) is 29.1 Å². The van der Waals surface area contributed by atoms with E-state index in [0.29, 0.717) is 18.0 Å². The molecule has 0 radical (unpaired) electrons. The van der Waals surface area contributed by atoms with E-state index in [1.54, 1.807) is 0 Å². The van der Waals surface area contributed by atoms with E-state index in [4.69, 9.17) is 11.6 Å². The Morgan fingerprint density at radius 3 is 2.58 bits per heavy atom. The lowest BCUT2D eigenvalue weighted by Crippen LogP contribution is -2.05. The molecule has 1 N–H and O–H groups in total. The molecule has 0 saturated heterocycles. The number of carbonyl (C=O) groups is 1. The summed E-state index contributed by atoms with van der Waals surface area (Å²) in [7, 11) is 0. The number of aromatic nitrogens is 1. The first-order chi connectivity index (χ1) is 15.1. The standard InChI is InChI=1S/C26H21ClN2OS/c27-22-11-9-19-10-13-23(29-25(19)16-22)12-8-18-4-3-7-24(14-18)28-17-21-6-2-1-5-20(21)15-26(30)31/h1-14,16,28H,15,17H2,(H,30,31)/b12-8+. The van der Waals surface area contributed by atoms with Crippen LogP contribution < -0.4 is 5.32 Å². The number of rotatable bonds is 7. The summed E-state index contributed by atoms with van der Waals surface area (Å²) >= 11 is 9.99. The number of thiol groups is 1.